The third kappa shape index (κ3) is 8.40. The van der Waals surface area contributed by atoms with Crippen LogP contribution in [0.2, 0.25) is 0 Å². The van der Waals surface area contributed by atoms with E-state index in [1.54, 1.807) is 0 Å². The Labute approximate surface area is 127 Å². The molecule has 114 valence electrons. The van der Waals surface area contributed by atoms with E-state index in [1.807, 2.05) is 0 Å². The lowest BCUT2D eigenvalue weighted by atomic mass is 9.89. The molecule has 0 atom stereocenters. The Bertz CT molecular complexity index is 357. The fraction of sp³-hybridized carbons (Fsp3) is 0.700. The summed E-state index contributed by atoms with van der Waals surface area (Å²) >= 11 is 0. The van der Waals surface area contributed by atoms with Gasteiger partial charge in [-0.1, -0.05) is 77.6 Å². The molecule has 0 aliphatic carbocycles. The molecule has 0 heteroatoms. The minimum Gasteiger partial charge on any atom is -0.0654 e. The monoisotopic (exact) mass is 274 g/mol. The maximum absolute atomic E-state index is 2.43. The van der Waals surface area contributed by atoms with E-state index in [9.17, 15) is 0 Å². The molecule has 1 aromatic rings. The minimum atomic E-state index is 0.487. The number of aryl methyl sites for hydroxylation is 2. The summed E-state index contributed by atoms with van der Waals surface area (Å²) in [5.41, 5.74) is 3.56. The van der Waals surface area contributed by atoms with Gasteiger partial charge in [0.15, 0.2) is 0 Å². The van der Waals surface area contributed by atoms with Crippen molar-refractivity contribution in [2.45, 2.75) is 85.5 Å². The van der Waals surface area contributed by atoms with Crippen LogP contribution in [-0.2, 0) is 12.8 Å². The van der Waals surface area contributed by atoms with Crippen molar-refractivity contribution < 1.29 is 0 Å². The average molecular weight is 274 g/mol. The van der Waals surface area contributed by atoms with Crippen LogP contribution in [0.25, 0.3) is 0 Å². The van der Waals surface area contributed by atoms with Crippen LogP contribution in [-0.4, -0.2) is 0 Å². The van der Waals surface area contributed by atoms with Gasteiger partial charge in [-0.2, -0.15) is 0 Å². The summed E-state index contributed by atoms with van der Waals surface area (Å²) < 4.78 is 0. The van der Waals surface area contributed by atoms with Crippen LogP contribution < -0.4 is 0 Å². The van der Waals surface area contributed by atoms with E-state index in [4.69, 9.17) is 0 Å². The number of rotatable bonds is 9. The summed E-state index contributed by atoms with van der Waals surface area (Å²) in [5, 5.41) is 0. The molecule has 0 unspecified atom stereocenters. The average Bonchev–Trinajstić information content (AvgIpc) is 2.39. The first kappa shape index (κ1) is 17.3. The molecule has 0 aliphatic rings. The topological polar surface area (TPSA) is 0 Å². The lowest BCUT2D eigenvalue weighted by Crippen LogP contribution is -2.04. The Morgan fingerprint density at radius 3 is 1.95 bits per heavy atom. The van der Waals surface area contributed by atoms with Crippen molar-refractivity contribution in [2.24, 2.45) is 5.41 Å². The highest BCUT2D eigenvalue weighted by molar-refractivity contribution is 5.23. The zero-order valence-corrected chi connectivity index (χ0v) is 14.2. The van der Waals surface area contributed by atoms with Gasteiger partial charge in [0.2, 0.25) is 0 Å². The first-order valence-electron chi connectivity index (χ1n) is 8.59. The predicted molar refractivity (Wildman–Crippen MR) is 91.3 cm³/mol. The lowest BCUT2D eigenvalue weighted by Gasteiger charge is -2.17. The van der Waals surface area contributed by atoms with E-state index >= 15 is 0 Å². The fourth-order valence-corrected chi connectivity index (χ4v) is 2.68. The van der Waals surface area contributed by atoms with Gasteiger partial charge >= 0.3 is 0 Å². The largest absolute Gasteiger partial charge is 0.0654 e. The van der Waals surface area contributed by atoms with Crippen LogP contribution in [0.5, 0.6) is 0 Å². The molecule has 0 saturated heterocycles. The van der Waals surface area contributed by atoms with Gasteiger partial charge in [0.25, 0.3) is 0 Å². The molecule has 20 heavy (non-hydrogen) atoms. The Morgan fingerprint density at radius 2 is 1.40 bits per heavy atom. The highest BCUT2D eigenvalue weighted by Crippen LogP contribution is 2.22. The molecule has 0 spiro atoms. The Hall–Kier alpha value is -0.780. The van der Waals surface area contributed by atoms with Gasteiger partial charge in [0, 0.05) is 0 Å². The van der Waals surface area contributed by atoms with Gasteiger partial charge in [-0.05, 0) is 48.6 Å². The van der Waals surface area contributed by atoms with Crippen LogP contribution in [0.4, 0.5) is 0 Å². The zero-order chi connectivity index (χ0) is 14.8. The number of unbranched alkanes of at least 4 members (excludes halogenated alkanes) is 4. The molecule has 0 N–H and O–H groups in total. The van der Waals surface area contributed by atoms with Crippen molar-refractivity contribution in [3.8, 4) is 0 Å². The molecule has 0 bridgehead atoms. The zero-order valence-electron chi connectivity index (χ0n) is 14.2. The summed E-state index contributed by atoms with van der Waals surface area (Å²) in [6.07, 6.45) is 12.0. The molecule has 0 aliphatic heterocycles. The van der Waals surface area contributed by atoms with Crippen LogP contribution in [0, 0.1) is 5.41 Å². The Kier molecular flexibility index (Phi) is 7.95. The van der Waals surface area contributed by atoms with Crippen molar-refractivity contribution in [3.05, 3.63) is 35.4 Å². The standard InChI is InChI=1S/C20H34/c1-5-6-7-8-12-18-14-11-15-19(17-18)13-9-10-16-20(2,3)4/h11,14-15,17H,5-10,12-13,16H2,1-4H3. The van der Waals surface area contributed by atoms with E-state index in [0.717, 1.165) is 0 Å². The molecule has 0 saturated carbocycles. The van der Waals surface area contributed by atoms with Gasteiger partial charge < -0.3 is 0 Å². The van der Waals surface area contributed by atoms with Gasteiger partial charge in [0.05, 0.1) is 0 Å². The summed E-state index contributed by atoms with van der Waals surface area (Å²) in [5.74, 6) is 0. The summed E-state index contributed by atoms with van der Waals surface area (Å²) in [4.78, 5) is 0. The maximum Gasteiger partial charge on any atom is -0.0279 e. The highest BCUT2D eigenvalue weighted by atomic mass is 14.1. The van der Waals surface area contributed by atoms with Crippen LogP contribution >= 0.6 is 0 Å². The van der Waals surface area contributed by atoms with Crippen LogP contribution in [0.15, 0.2) is 24.3 Å². The second kappa shape index (κ2) is 9.21. The van der Waals surface area contributed by atoms with Gasteiger partial charge in [-0.15, -0.1) is 0 Å². The maximum atomic E-state index is 2.43. The molecule has 0 heterocycles. The summed E-state index contributed by atoms with van der Waals surface area (Å²) in [7, 11) is 0. The van der Waals surface area contributed by atoms with Crippen molar-refractivity contribution in [1.82, 2.24) is 0 Å². The molecule has 1 aromatic carbocycles. The third-order valence-corrected chi connectivity index (χ3v) is 3.95. The van der Waals surface area contributed by atoms with Gasteiger partial charge in [0.1, 0.15) is 0 Å². The quantitative estimate of drug-likeness (QED) is 0.447. The number of hydrogen-bond acceptors (Lipinski definition) is 0. The van der Waals surface area contributed by atoms with Crippen molar-refractivity contribution >= 4 is 0 Å². The molecule has 0 aromatic heterocycles. The Morgan fingerprint density at radius 1 is 0.800 bits per heavy atom. The minimum absolute atomic E-state index is 0.487. The lowest BCUT2D eigenvalue weighted by molar-refractivity contribution is 0.360. The molecule has 0 fully saturated rings. The van der Waals surface area contributed by atoms with Gasteiger partial charge in [-0.25, -0.2) is 0 Å². The molecule has 1 rings (SSSR count). The highest BCUT2D eigenvalue weighted by Gasteiger charge is 2.08. The van der Waals surface area contributed by atoms with Crippen molar-refractivity contribution in [2.75, 3.05) is 0 Å². The van der Waals surface area contributed by atoms with E-state index < -0.39 is 0 Å². The van der Waals surface area contributed by atoms with E-state index in [-0.39, 0.29) is 0 Å². The first-order valence-corrected chi connectivity index (χ1v) is 8.59. The molecular weight excluding hydrogens is 240 g/mol. The summed E-state index contributed by atoms with van der Waals surface area (Å²) in [6.45, 7) is 9.29. The second-order valence-electron chi connectivity index (χ2n) is 7.40. The molecule has 0 amide bonds. The normalized spacial score (nSPS) is 11.8. The summed E-state index contributed by atoms with van der Waals surface area (Å²) in [6, 6.07) is 9.27. The molecular formula is C20H34. The fourth-order valence-electron chi connectivity index (χ4n) is 2.68. The number of hydrogen-bond donors (Lipinski definition) is 0. The molecule has 0 radical (unpaired) electrons. The third-order valence-electron chi connectivity index (χ3n) is 3.95. The SMILES string of the molecule is CCCCCCc1cccc(CCCCC(C)(C)C)c1. The van der Waals surface area contributed by atoms with E-state index in [1.165, 1.54) is 68.9 Å². The Balaban J connectivity index is 2.28. The van der Waals surface area contributed by atoms with Crippen molar-refractivity contribution in [3.63, 3.8) is 0 Å². The van der Waals surface area contributed by atoms with Crippen LogP contribution in [0.3, 0.4) is 0 Å². The second-order valence-corrected chi connectivity index (χ2v) is 7.40. The molecule has 0 nitrogen and oxygen atoms in total. The first-order chi connectivity index (χ1) is 9.51. The smallest absolute Gasteiger partial charge is 0.0279 e. The predicted octanol–water partition coefficient (Wildman–Crippen LogP) is 6.57. The van der Waals surface area contributed by atoms with E-state index in [2.05, 4.69) is 52.0 Å². The van der Waals surface area contributed by atoms with Crippen LogP contribution in [0.1, 0.15) is 83.8 Å². The van der Waals surface area contributed by atoms with E-state index in [0.29, 0.717) is 5.41 Å². The van der Waals surface area contributed by atoms with Crippen molar-refractivity contribution in [1.29, 1.82) is 0 Å². The number of benzene rings is 1. The van der Waals surface area contributed by atoms with Gasteiger partial charge in [-0.3, -0.25) is 0 Å².